The van der Waals surface area contributed by atoms with Crippen molar-refractivity contribution in [2.24, 2.45) is 0 Å². The Hall–Kier alpha value is -1.91. The van der Waals surface area contributed by atoms with Crippen molar-refractivity contribution in [3.63, 3.8) is 0 Å². The van der Waals surface area contributed by atoms with Crippen LogP contribution in [0.25, 0.3) is 5.57 Å². The van der Waals surface area contributed by atoms with Gasteiger partial charge < -0.3 is 9.47 Å². The van der Waals surface area contributed by atoms with Gasteiger partial charge in [-0.15, -0.1) is 0 Å². The van der Waals surface area contributed by atoms with Gasteiger partial charge in [0.2, 0.25) is 0 Å². The molecule has 2 aromatic rings. The molecule has 0 saturated carbocycles. The molecule has 0 unspecified atom stereocenters. The van der Waals surface area contributed by atoms with E-state index in [4.69, 9.17) is 9.47 Å². The third-order valence-electron chi connectivity index (χ3n) is 6.14. The number of rotatable bonds is 1. The van der Waals surface area contributed by atoms with E-state index in [2.05, 4.69) is 34.1 Å². The van der Waals surface area contributed by atoms with E-state index in [1.54, 1.807) is 7.11 Å². The molecule has 2 aromatic carbocycles. The Labute approximate surface area is 161 Å². The Morgan fingerprint density at radius 3 is 2.62 bits per heavy atom. The van der Waals surface area contributed by atoms with E-state index >= 15 is 0 Å². The van der Waals surface area contributed by atoms with Crippen LogP contribution in [0.15, 0.2) is 46.4 Å². The summed E-state index contributed by atoms with van der Waals surface area (Å²) in [5, 5.41) is 0. The maximum atomic E-state index is 13.4. The van der Waals surface area contributed by atoms with Crippen LogP contribution in [0.3, 0.4) is 0 Å². The maximum absolute atomic E-state index is 13.4. The van der Waals surface area contributed by atoms with Gasteiger partial charge in [0.15, 0.2) is 5.78 Å². The monoisotopic (exact) mass is 410 g/mol. The summed E-state index contributed by atoms with van der Waals surface area (Å²) in [6.07, 6.45) is 2.66. The Kier molecular flexibility index (Phi) is 3.63. The van der Waals surface area contributed by atoms with E-state index in [0.717, 1.165) is 65.0 Å². The molecule has 0 bridgehead atoms. The molecular formula is C22H19BrO3. The van der Waals surface area contributed by atoms with Crippen molar-refractivity contribution < 1.29 is 14.3 Å². The first kappa shape index (κ1) is 16.3. The average Bonchev–Trinajstić information content (AvgIpc) is 3.06. The lowest BCUT2D eigenvalue weighted by Gasteiger charge is -2.43. The van der Waals surface area contributed by atoms with Crippen molar-refractivity contribution in [1.29, 1.82) is 0 Å². The maximum Gasteiger partial charge on any atom is 0.193 e. The number of carbonyl (C=O) groups excluding carboxylic acids is 1. The zero-order chi connectivity index (χ0) is 17.9. The molecule has 1 heterocycles. The predicted octanol–water partition coefficient (Wildman–Crippen LogP) is 4.71. The van der Waals surface area contributed by atoms with Crippen LogP contribution in [0.5, 0.6) is 5.75 Å². The molecule has 4 heteroatoms. The first-order chi connectivity index (χ1) is 12.6. The summed E-state index contributed by atoms with van der Waals surface area (Å²) in [4.78, 5) is 13.4. The predicted molar refractivity (Wildman–Crippen MR) is 104 cm³/mol. The summed E-state index contributed by atoms with van der Waals surface area (Å²) in [6, 6.07) is 12.2. The summed E-state index contributed by atoms with van der Waals surface area (Å²) in [5.41, 5.74) is 6.35. The zero-order valence-corrected chi connectivity index (χ0v) is 16.2. The number of fused-ring (bicyclic) bond motifs is 5. The van der Waals surface area contributed by atoms with Crippen LogP contribution < -0.4 is 4.74 Å². The number of hydrogen-bond acceptors (Lipinski definition) is 3. The standard InChI is InChI=1S/C22H19BrO3/c1-25-15-3-5-17-18(12-15)22(6-8-26-9-7-22)19-11-13-10-14(23)2-4-16(13)20(19)21(17)24/h2-5,10,12H,6-9,11H2,1H3. The fourth-order valence-electron chi connectivity index (χ4n) is 4.89. The lowest BCUT2D eigenvalue weighted by atomic mass is 9.62. The Bertz CT molecular complexity index is 967. The molecule has 3 aliphatic rings. The fraction of sp³-hybridized carbons (Fsp3) is 0.318. The highest BCUT2D eigenvalue weighted by Gasteiger charge is 2.48. The van der Waals surface area contributed by atoms with Crippen molar-refractivity contribution in [3.05, 3.63) is 68.7 Å². The molecule has 0 aromatic heterocycles. The van der Waals surface area contributed by atoms with Gasteiger partial charge in [-0.1, -0.05) is 22.0 Å². The number of Topliss-reactive ketones (excluding diaryl/α,β-unsaturated/α-hetero) is 1. The number of ketones is 1. The second-order valence-electron chi connectivity index (χ2n) is 7.27. The second kappa shape index (κ2) is 5.80. The topological polar surface area (TPSA) is 35.5 Å². The molecule has 0 N–H and O–H groups in total. The highest BCUT2D eigenvalue weighted by atomic mass is 79.9. The highest BCUT2D eigenvalue weighted by Crippen LogP contribution is 2.54. The van der Waals surface area contributed by atoms with Crippen molar-refractivity contribution in [3.8, 4) is 5.75 Å². The lowest BCUT2D eigenvalue weighted by Crippen LogP contribution is -2.40. The Morgan fingerprint density at radius 1 is 1.08 bits per heavy atom. The normalized spacial score (nSPS) is 20.0. The minimum Gasteiger partial charge on any atom is -0.497 e. The minimum absolute atomic E-state index is 0.128. The fourth-order valence-corrected chi connectivity index (χ4v) is 5.30. The molecule has 0 radical (unpaired) electrons. The Balaban J connectivity index is 1.78. The summed E-state index contributed by atoms with van der Waals surface area (Å²) in [6.45, 7) is 1.45. The van der Waals surface area contributed by atoms with Gasteiger partial charge in [-0.25, -0.2) is 0 Å². The largest absolute Gasteiger partial charge is 0.497 e. The Morgan fingerprint density at radius 2 is 1.85 bits per heavy atom. The lowest BCUT2D eigenvalue weighted by molar-refractivity contribution is 0.0602. The molecular weight excluding hydrogens is 392 g/mol. The van der Waals surface area contributed by atoms with Gasteiger partial charge in [-0.3, -0.25) is 4.79 Å². The average molecular weight is 411 g/mol. The summed E-state index contributed by atoms with van der Waals surface area (Å²) >= 11 is 3.57. The molecule has 26 heavy (non-hydrogen) atoms. The third-order valence-corrected chi connectivity index (χ3v) is 6.64. The van der Waals surface area contributed by atoms with Gasteiger partial charge >= 0.3 is 0 Å². The van der Waals surface area contributed by atoms with Crippen molar-refractivity contribution in [1.82, 2.24) is 0 Å². The second-order valence-corrected chi connectivity index (χ2v) is 8.18. The quantitative estimate of drug-likeness (QED) is 0.682. The first-order valence-electron chi connectivity index (χ1n) is 8.97. The number of benzene rings is 2. The molecule has 132 valence electrons. The van der Waals surface area contributed by atoms with Gasteiger partial charge in [0.25, 0.3) is 0 Å². The van der Waals surface area contributed by atoms with Crippen LogP contribution >= 0.6 is 15.9 Å². The zero-order valence-electron chi connectivity index (χ0n) is 14.6. The van der Waals surface area contributed by atoms with Gasteiger partial charge in [-0.2, -0.15) is 0 Å². The van der Waals surface area contributed by atoms with E-state index < -0.39 is 0 Å². The van der Waals surface area contributed by atoms with E-state index in [1.165, 1.54) is 11.1 Å². The number of methoxy groups -OCH3 is 1. The molecule has 3 nitrogen and oxygen atoms in total. The number of carbonyl (C=O) groups is 1. The van der Waals surface area contributed by atoms with Gasteiger partial charge in [0, 0.05) is 34.2 Å². The van der Waals surface area contributed by atoms with E-state index in [9.17, 15) is 4.79 Å². The number of halogens is 1. The third kappa shape index (κ3) is 2.12. The van der Waals surface area contributed by atoms with Crippen LogP contribution in [0.4, 0.5) is 0 Å². The van der Waals surface area contributed by atoms with Crippen molar-refractivity contribution in [2.75, 3.05) is 20.3 Å². The smallest absolute Gasteiger partial charge is 0.193 e. The molecule has 0 atom stereocenters. The summed E-state index contributed by atoms with van der Waals surface area (Å²) in [5.74, 6) is 0.959. The van der Waals surface area contributed by atoms with E-state index in [-0.39, 0.29) is 11.2 Å². The minimum atomic E-state index is -0.128. The van der Waals surface area contributed by atoms with Gasteiger partial charge in [0.1, 0.15) is 5.75 Å². The van der Waals surface area contributed by atoms with E-state index in [0.29, 0.717) is 0 Å². The first-order valence-corrected chi connectivity index (χ1v) is 9.77. The van der Waals surface area contributed by atoms with Crippen LogP contribution in [0.1, 0.15) is 39.9 Å². The molecule has 2 aliphatic carbocycles. The summed E-state index contributed by atoms with van der Waals surface area (Å²) < 4.78 is 12.2. The van der Waals surface area contributed by atoms with Crippen LogP contribution in [0.2, 0.25) is 0 Å². The highest BCUT2D eigenvalue weighted by molar-refractivity contribution is 9.10. The van der Waals surface area contributed by atoms with Crippen LogP contribution in [-0.4, -0.2) is 26.1 Å². The van der Waals surface area contributed by atoms with Gasteiger partial charge in [-0.05, 0) is 71.9 Å². The molecule has 1 fully saturated rings. The molecule has 1 aliphatic heterocycles. The van der Waals surface area contributed by atoms with Gasteiger partial charge in [0.05, 0.1) is 7.11 Å². The SMILES string of the molecule is COc1ccc2c(c1)C1(CCOCC1)C1=C(C2=O)c2ccc(Br)cc2C1. The molecule has 1 saturated heterocycles. The number of ether oxygens (including phenoxy) is 2. The van der Waals surface area contributed by atoms with Crippen molar-refractivity contribution >= 4 is 27.3 Å². The number of hydrogen-bond donors (Lipinski definition) is 0. The summed E-state index contributed by atoms with van der Waals surface area (Å²) in [7, 11) is 1.68. The van der Waals surface area contributed by atoms with E-state index in [1.807, 2.05) is 18.2 Å². The molecule has 1 spiro atoms. The molecule has 0 amide bonds. The van der Waals surface area contributed by atoms with Crippen LogP contribution in [-0.2, 0) is 16.6 Å². The van der Waals surface area contributed by atoms with Crippen molar-refractivity contribution in [2.45, 2.75) is 24.7 Å². The molecule has 5 rings (SSSR count). The number of allylic oxidation sites excluding steroid dienone is 2. The van der Waals surface area contributed by atoms with Crippen LogP contribution in [0, 0.1) is 0 Å².